The van der Waals surface area contributed by atoms with E-state index in [9.17, 15) is 9.59 Å². The SMILES string of the molecule is CCCCNC(CC(=O)O)CC(=O)O. The minimum absolute atomic E-state index is 0.143. The van der Waals surface area contributed by atoms with Crippen LogP contribution in [0.2, 0.25) is 0 Å². The van der Waals surface area contributed by atoms with Gasteiger partial charge in [-0.15, -0.1) is 0 Å². The molecule has 0 radical (unpaired) electrons. The lowest BCUT2D eigenvalue weighted by atomic mass is 10.1. The summed E-state index contributed by atoms with van der Waals surface area (Å²) in [7, 11) is 0. The van der Waals surface area contributed by atoms with E-state index in [1.807, 2.05) is 6.92 Å². The highest BCUT2D eigenvalue weighted by molar-refractivity contribution is 5.71. The van der Waals surface area contributed by atoms with E-state index in [0.717, 1.165) is 12.8 Å². The summed E-state index contributed by atoms with van der Waals surface area (Å²) in [6.07, 6.45) is 1.64. The van der Waals surface area contributed by atoms with Crippen LogP contribution in [0.5, 0.6) is 0 Å². The highest BCUT2D eigenvalue weighted by atomic mass is 16.4. The van der Waals surface area contributed by atoms with Crippen molar-refractivity contribution in [1.82, 2.24) is 5.32 Å². The highest BCUT2D eigenvalue weighted by Crippen LogP contribution is 1.99. The van der Waals surface area contributed by atoms with Gasteiger partial charge in [-0.05, 0) is 13.0 Å². The predicted octanol–water partition coefficient (Wildman–Crippen LogP) is 0.694. The smallest absolute Gasteiger partial charge is 0.304 e. The normalized spacial score (nSPS) is 10.4. The second-order valence-corrected chi connectivity index (χ2v) is 3.20. The van der Waals surface area contributed by atoms with E-state index in [0.29, 0.717) is 6.54 Å². The predicted molar refractivity (Wildman–Crippen MR) is 51.2 cm³/mol. The Bertz CT molecular complexity index is 177. The lowest BCUT2D eigenvalue weighted by molar-refractivity contribution is -0.139. The summed E-state index contributed by atoms with van der Waals surface area (Å²) in [6, 6.07) is -0.462. The second-order valence-electron chi connectivity index (χ2n) is 3.20. The van der Waals surface area contributed by atoms with E-state index < -0.39 is 18.0 Å². The Labute approximate surface area is 83.1 Å². The minimum atomic E-state index is -0.972. The van der Waals surface area contributed by atoms with Crippen LogP contribution in [0.3, 0.4) is 0 Å². The van der Waals surface area contributed by atoms with Crippen LogP contribution in [-0.4, -0.2) is 34.7 Å². The Morgan fingerprint density at radius 2 is 1.71 bits per heavy atom. The van der Waals surface area contributed by atoms with Gasteiger partial charge in [-0.3, -0.25) is 9.59 Å². The molecule has 82 valence electrons. The summed E-state index contributed by atoms with van der Waals surface area (Å²) in [6.45, 7) is 2.69. The Kier molecular flexibility index (Phi) is 6.74. The molecular formula is C9H17NO4. The van der Waals surface area contributed by atoms with Crippen molar-refractivity contribution in [3.05, 3.63) is 0 Å². The fourth-order valence-corrected chi connectivity index (χ4v) is 1.12. The maximum absolute atomic E-state index is 10.4. The number of hydrogen-bond acceptors (Lipinski definition) is 3. The first-order valence-electron chi connectivity index (χ1n) is 4.73. The average Bonchev–Trinajstić information content (AvgIpc) is 2.02. The van der Waals surface area contributed by atoms with Gasteiger partial charge >= 0.3 is 11.9 Å². The van der Waals surface area contributed by atoms with Gasteiger partial charge in [-0.2, -0.15) is 0 Å². The van der Waals surface area contributed by atoms with Crippen LogP contribution in [0, 0.1) is 0 Å². The molecule has 0 saturated carbocycles. The molecule has 5 nitrogen and oxygen atoms in total. The van der Waals surface area contributed by atoms with Crippen LogP contribution < -0.4 is 5.32 Å². The summed E-state index contributed by atoms with van der Waals surface area (Å²) in [5.41, 5.74) is 0. The third-order valence-corrected chi connectivity index (χ3v) is 1.81. The number of nitrogens with one attached hydrogen (secondary N) is 1. The number of carbonyl (C=O) groups is 2. The Hall–Kier alpha value is -1.10. The van der Waals surface area contributed by atoms with Gasteiger partial charge in [0, 0.05) is 6.04 Å². The van der Waals surface area contributed by atoms with Gasteiger partial charge in [-0.1, -0.05) is 13.3 Å². The lowest BCUT2D eigenvalue weighted by Gasteiger charge is -2.13. The van der Waals surface area contributed by atoms with Crippen molar-refractivity contribution in [2.75, 3.05) is 6.54 Å². The van der Waals surface area contributed by atoms with Gasteiger partial charge < -0.3 is 15.5 Å². The quantitative estimate of drug-likeness (QED) is 0.505. The van der Waals surface area contributed by atoms with Crippen molar-refractivity contribution in [1.29, 1.82) is 0 Å². The van der Waals surface area contributed by atoms with Gasteiger partial charge in [-0.25, -0.2) is 0 Å². The Morgan fingerprint density at radius 1 is 1.21 bits per heavy atom. The molecule has 14 heavy (non-hydrogen) atoms. The van der Waals surface area contributed by atoms with Gasteiger partial charge in [0.15, 0.2) is 0 Å². The number of carboxylic acid groups (broad SMARTS) is 2. The van der Waals surface area contributed by atoms with E-state index in [4.69, 9.17) is 10.2 Å². The molecule has 0 spiro atoms. The minimum Gasteiger partial charge on any atom is -0.481 e. The number of carboxylic acids is 2. The first kappa shape index (κ1) is 12.9. The van der Waals surface area contributed by atoms with E-state index in [2.05, 4.69) is 5.32 Å². The van der Waals surface area contributed by atoms with Crippen LogP contribution in [-0.2, 0) is 9.59 Å². The zero-order chi connectivity index (χ0) is 11.0. The van der Waals surface area contributed by atoms with Crippen LogP contribution in [0.25, 0.3) is 0 Å². The number of rotatable bonds is 8. The van der Waals surface area contributed by atoms with Crippen molar-refractivity contribution < 1.29 is 19.8 Å². The Balaban J connectivity index is 3.84. The van der Waals surface area contributed by atoms with Crippen LogP contribution in [0.1, 0.15) is 32.6 Å². The third-order valence-electron chi connectivity index (χ3n) is 1.81. The van der Waals surface area contributed by atoms with Crippen molar-refractivity contribution in [2.45, 2.75) is 38.6 Å². The van der Waals surface area contributed by atoms with Crippen LogP contribution in [0.4, 0.5) is 0 Å². The molecule has 0 atom stereocenters. The fourth-order valence-electron chi connectivity index (χ4n) is 1.12. The molecule has 0 saturated heterocycles. The molecule has 0 aliphatic carbocycles. The van der Waals surface area contributed by atoms with Gasteiger partial charge in [0.05, 0.1) is 12.8 Å². The molecule has 0 bridgehead atoms. The largest absolute Gasteiger partial charge is 0.481 e. The van der Waals surface area contributed by atoms with E-state index >= 15 is 0 Å². The third kappa shape index (κ3) is 7.54. The molecule has 0 aliphatic heterocycles. The topological polar surface area (TPSA) is 86.6 Å². The van der Waals surface area contributed by atoms with Gasteiger partial charge in [0.1, 0.15) is 0 Å². The van der Waals surface area contributed by atoms with Crippen LogP contribution in [0.15, 0.2) is 0 Å². The molecule has 0 amide bonds. The monoisotopic (exact) mass is 203 g/mol. The van der Waals surface area contributed by atoms with Crippen LogP contribution >= 0.6 is 0 Å². The first-order chi connectivity index (χ1) is 6.56. The average molecular weight is 203 g/mol. The molecule has 0 aromatic rings. The van der Waals surface area contributed by atoms with E-state index in [1.165, 1.54) is 0 Å². The zero-order valence-corrected chi connectivity index (χ0v) is 8.32. The summed E-state index contributed by atoms with van der Waals surface area (Å²) in [5, 5.41) is 20.0. The number of aliphatic carboxylic acids is 2. The summed E-state index contributed by atoms with van der Waals surface area (Å²) >= 11 is 0. The summed E-state index contributed by atoms with van der Waals surface area (Å²) in [4.78, 5) is 20.8. The first-order valence-corrected chi connectivity index (χ1v) is 4.73. The molecule has 0 aliphatic rings. The maximum atomic E-state index is 10.4. The zero-order valence-electron chi connectivity index (χ0n) is 8.32. The lowest BCUT2D eigenvalue weighted by Crippen LogP contribution is -2.34. The van der Waals surface area contributed by atoms with Gasteiger partial charge in [0.25, 0.3) is 0 Å². The molecule has 0 fully saturated rings. The molecule has 3 N–H and O–H groups in total. The molecular weight excluding hydrogens is 186 g/mol. The summed E-state index contributed by atoms with van der Waals surface area (Å²) < 4.78 is 0. The van der Waals surface area contributed by atoms with Gasteiger partial charge in [0.2, 0.25) is 0 Å². The second kappa shape index (κ2) is 7.32. The maximum Gasteiger partial charge on any atom is 0.304 e. The van der Waals surface area contributed by atoms with Crippen molar-refractivity contribution >= 4 is 11.9 Å². The molecule has 0 aromatic heterocycles. The molecule has 0 rings (SSSR count). The van der Waals surface area contributed by atoms with E-state index in [-0.39, 0.29) is 12.8 Å². The fraction of sp³-hybridized carbons (Fsp3) is 0.778. The highest BCUT2D eigenvalue weighted by Gasteiger charge is 2.15. The number of hydrogen-bond donors (Lipinski definition) is 3. The van der Waals surface area contributed by atoms with Crippen molar-refractivity contribution in [3.8, 4) is 0 Å². The molecule has 0 heterocycles. The standard InChI is InChI=1S/C9H17NO4/c1-2-3-4-10-7(5-8(11)12)6-9(13)14/h7,10H,2-6H2,1H3,(H,11,12)(H,13,14). The van der Waals surface area contributed by atoms with Crippen molar-refractivity contribution in [3.63, 3.8) is 0 Å². The Morgan fingerprint density at radius 3 is 2.07 bits per heavy atom. The summed E-state index contributed by atoms with van der Waals surface area (Å²) in [5.74, 6) is -1.94. The number of unbranched alkanes of at least 4 members (excludes halogenated alkanes) is 1. The molecule has 5 heteroatoms. The molecule has 0 aromatic carbocycles. The molecule has 0 unspecified atom stereocenters. The van der Waals surface area contributed by atoms with Crippen molar-refractivity contribution in [2.24, 2.45) is 0 Å². The van der Waals surface area contributed by atoms with E-state index in [1.54, 1.807) is 0 Å².